The summed E-state index contributed by atoms with van der Waals surface area (Å²) in [5, 5.41) is 2.39. The van der Waals surface area contributed by atoms with Crippen molar-refractivity contribution < 1.29 is 35.9 Å². The van der Waals surface area contributed by atoms with Crippen LogP contribution in [-0.4, -0.2) is 16.8 Å². The van der Waals surface area contributed by atoms with E-state index in [9.17, 15) is 35.9 Å². The number of anilines is 1. The van der Waals surface area contributed by atoms with E-state index in [1.54, 1.807) is 0 Å². The fraction of sp³-hybridized carbons (Fsp3) is 0.143. The quantitative estimate of drug-likeness (QED) is 0.546. The van der Waals surface area contributed by atoms with Crippen LogP contribution in [0.1, 0.15) is 21.5 Å². The number of amides is 1. The molecule has 1 heterocycles. The van der Waals surface area contributed by atoms with E-state index < -0.39 is 35.3 Å². The average Bonchev–Trinajstić information content (AvgIpc) is 2.69. The summed E-state index contributed by atoms with van der Waals surface area (Å²) in [6, 6.07) is 11.2. The van der Waals surface area contributed by atoms with Gasteiger partial charge in [0.15, 0.2) is 0 Å². The van der Waals surface area contributed by atoms with E-state index in [0.29, 0.717) is 5.56 Å². The first-order valence-electron chi connectivity index (χ1n) is 8.95. The molecular formula is C21H14F6N2O3. The van der Waals surface area contributed by atoms with E-state index in [-0.39, 0.29) is 17.8 Å². The Bertz CT molecular complexity index is 1150. The van der Waals surface area contributed by atoms with Gasteiger partial charge in [-0.15, -0.1) is 13.2 Å². The van der Waals surface area contributed by atoms with Gasteiger partial charge in [0, 0.05) is 11.9 Å². The van der Waals surface area contributed by atoms with Crippen LogP contribution >= 0.6 is 0 Å². The molecule has 0 bridgehead atoms. The van der Waals surface area contributed by atoms with Gasteiger partial charge in [-0.3, -0.25) is 9.59 Å². The molecule has 0 saturated carbocycles. The molecule has 0 aliphatic heterocycles. The minimum atomic E-state index is -4.85. The number of pyridine rings is 1. The number of halogens is 6. The number of aromatic nitrogens is 1. The van der Waals surface area contributed by atoms with E-state index >= 15 is 0 Å². The van der Waals surface area contributed by atoms with Crippen molar-refractivity contribution in [3.05, 3.63) is 93.9 Å². The molecule has 32 heavy (non-hydrogen) atoms. The van der Waals surface area contributed by atoms with Crippen molar-refractivity contribution in [1.82, 2.24) is 4.57 Å². The number of carbonyl (C=O) groups is 1. The second-order valence-corrected chi connectivity index (χ2v) is 6.58. The molecule has 0 atom stereocenters. The Morgan fingerprint density at radius 3 is 2.09 bits per heavy atom. The number of nitrogens with zero attached hydrogens (tertiary/aromatic N) is 1. The number of hydrogen-bond donors (Lipinski definition) is 1. The number of benzene rings is 2. The molecule has 168 valence electrons. The summed E-state index contributed by atoms with van der Waals surface area (Å²) < 4.78 is 79.5. The van der Waals surface area contributed by atoms with Crippen LogP contribution in [0.2, 0.25) is 0 Å². The van der Waals surface area contributed by atoms with Gasteiger partial charge in [0.2, 0.25) is 0 Å². The van der Waals surface area contributed by atoms with Crippen LogP contribution in [0.3, 0.4) is 0 Å². The lowest BCUT2D eigenvalue weighted by Gasteiger charge is -2.11. The SMILES string of the molecule is O=C(Nc1ccc(OC(F)(F)F)cc1)c1cccn(Cc2ccc(C(F)(F)F)cc2)c1=O. The zero-order valence-corrected chi connectivity index (χ0v) is 16.0. The third-order valence-electron chi connectivity index (χ3n) is 4.24. The van der Waals surface area contributed by atoms with Crippen LogP contribution in [0.25, 0.3) is 0 Å². The number of alkyl halides is 6. The van der Waals surface area contributed by atoms with Gasteiger partial charge in [-0.25, -0.2) is 0 Å². The summed E-state index contributed by atoms with van der Waals surface area (Å²) in [4.78, 5) is 25.1. The summed E-state index contributed by atoms with van der Waals surface area (Å²) in [5.41, 5.74) is -1.23. The monoisotopic (exact) mass is 456 g/mol. The largest absolute Gasteiger partial charge is 0.573 e. The van der Waals surface area contributed by atoms with E-state index in [1.165, 1.54) is 42.6 Å². The minimum Gasteiger partial charge on any atom is -0.406 e. The molecule has 5 nitrogen and oxygen atoms in total. The van der Waals surface area contributed by atoms with Gasteiger partial charge in [-0.2, -0.15) is 13.2 Å². The standard InChI is InChI=1S/C21H14F6N2O3/c22-20(23,24)14-5-3-13(4-6-14)12-29-11-1-2-17(19(29)31)18(30)28-15-7-9-16(10-8-15)32-21(25,26)27/h1-11H,12H2,(H,28,30). The molecule has 0 radical (unpaired) electrons. The Kier molecular flexibility index (Phi) is 6.28. The van der Waals surface area contributed by atoms with Crippen molar-refractivity contribution in [3.8, 4) is 5.75 Å². The van der Waals surface area contributed by atoms with Gasteiger partial charge in [-0.1, -0.05) is 12.1 Å². The lowest BCUT2D eigenvalue weighted by molar-refractivity contribution is -0.274. The second kappa shape index (κ2) is 8.77. The van der Waals surface area contributed by atoms with Crippen LogP contribution in [0.4, 0.5) is 32.0 Å². The Morgan fingerprint density at radius 2 is 1.53 bits per heavy atom. The van der Waals surface area contributed by atoms with E-state index in [0.717, 1.165) is 28.8 Å². The van der Waals surface area contributed by atoms with Gasteiger partial charge < -0.3 is 14.6 Å². The highest BCUT2D eigenvalue weighted by molar-refractivity contribution is 6.04. The minimum absolute atomic E-state index is 0.0679. The third-order valence-corrected chi connectivity index (χ3v) is 4.24. The lowest BCUT2D eigenvalue weighted by Crippen LogP contribution is -2.29. The Morgan fingerprint density at radius 1 is 0.906 bits per heavy atom. The van der Waals surface area contributed by atoms with Crippen molar-refractivity contribution >= 4 is 11.6 Å². The summed E-state index contributed by atoms with van der Waals surface area (Å²) in [6.45, 7) is -0.0679. The average molecular weight is 456 g/mol. The maximum absolute atomic E-state index is 12.7. The molecule has 3 aromatic rings. The number of nitrogens with one attached hydrogen (secondary N) is 1. The van der Waals surface area contributed by atoms with E-state index in [2.05, 4.69) is 10.1 Å². The summed E-state index contributed by atoms with van der Waals surface area (Å²) in [7, 11) is 0. The first-order valence-corrected chi connectivity index (χ1v) is 8.95. The van der Waals surface area contributed by atoms with Gasteiger partial charge in [0.05, 0.1) is 12.1 Å². The molecule has 1 amide bonds. The van der Waals surface area contributed by atoms with Gasteiger partial charge in [0.25, 0.3) is 11.5 Å². The van der Waals surface area contributed by atoms with Crippen LogP contribution in [0.15, 0.2) is 71.7 Å². The summed E-state index contributed by atoms with van der Waals surface area (Å²) >= 11 is 0. The zero-order chi connectivity index (χ0) is 23.5. The van der Waals surface area contributed by atoms with Crippen molar-refractivity contribution in [3.63, 3.8) is 0 Å². The molecule has 0 saturated heterocycles. The Hall–Kier alpha value is -3.76. The number of hydrogen-bond acceptors (Lipinski definition) is 3. The molecule has 0 spiro atoms. The highest BCUT2D eigenvalue weighted by Crippen LogP contribution is 2.29. The van der Waals surface area contributed by atoms with Gasteiger partial charge >= 0.3 is 12.5 Å². The fourth-order valence-electron chi connectivity index (χ4n) is 2.77. The highest BCUT2D eigenvalue weighted by Gasteiger charge is 2.31. The Labute approximate surface area is 176 Å². The third kappa shape index (κ3) is 5.90. The van der Waals surface area contributed by atoms with E-state index in [4.69, 9.17) is 0 Å². The smallest absolute Gasteiger partial charge is 0.406 e. The normalized spacial score (nSPS) is 11.8. The highest BCUT2D eigenvalue weighted by atomic mass is 19.4. The fourth-order valence-corrected chi connectivity index (χ4v) is 2.77. The van der Waals surface area contributed by atoms with Crippen LogP contribution in [0, 0.1) is 0 Å². The molecule has 0 unspecified atom stereocenters. The molecule has 2 aromatic carbocycles. The lowest BCUT2D eigenvalue weighted by atomic mass is 10.1. The molecule has 1 aromatic heterocycles. The van der Waals surface area contributed by atoms with Crippen LogP contribution in [-0.2, 0) is 12.7 Å². The summed E-state index contributed by atoms with van der Waals surface area (Å²) in [6.07, 6.45) is -7.96. The van der Waals surface area contributed by atoms with Crippen molar-refractivity contribution in [2.75, 3.05) is 5.32 Å². The molecule has 0 aliphatic carbocycles. The van der Waals surface area contributed by atoms with Crippen LogP contribution < -0.4 is 15.6 Å². The van der Waals surface area contributed by atoms with Gasteiger partial charge in [0.1, 0.15) is 11.3 Å². The molecule has 11 heteroatoms. The number of rotatable bonds is 5. The first kappa shape index (κ1) is 22.9. The van der Waals surface area contributed by atoms with Gasteiger partial charge in [-0.05, 0) is 54.1 Å². The summed E-state index contributed by atoms with van der Waals surface area (Å²) in [5.74, 6) is -1.28. The first-order chi connectivity index (χ1) is 14.9. The van der Waals surface area contributed by atoms with Crippen molar-refractivity contribution in [2.24, 2.45) is 0 Å². The van der Waals surface area contributed by atoms with Crippen LogP contribution in [0.5, 0.6) is 5.75 Å². The number of ether oxygens (including phenoxy) is 1. The Balaban J connectivity index is 1.73. The van der Waals surface area contributed by atoms with Crippen molar-refractivity contribution in [2.45, 2.75) is 19.1 Å². The molecule has 1 N–H and O–H groups in total. The predicted octanol–water partition coefficient (Wildman–Crippen LogP) is 5.07. The van der Waals surface area contributed by atoms with E-state index in [1.807, 2.05) is 0 Å². The molecule has 3 rings (SSSR count). The molecular weight excluding hydrogens is 442 g/mol. The second-order valence-electron chi connectivity index (χ2n) is 6.58. The van der Waals surface area contributed by atoms with Crippen molar-refractivity contribution in [1.29, 1.82) is 0 Å². The maximum atomic E-state index is 12.7. The number of carbonyl (C=O) groups excluding carboxylic acids is 1. The zero-order valence-electron chi connectivity index (χ0n) is 16.0. The molecule has 0 fully saturated rings. The molecule has 0 aliphatic rings. The topological polar surface area (TPSA) is 60.3 Å². The maximum Gasteiger partial charge on any atom is 0.573 e. The predicted molar refractivity (Wildman–Crippen MR) is 102 cm³/mol.